The molecule has 0 atom stereocenters. The molecular weight excluding hydrogens is 236 g/mol. The van der Waals surface area contributed by atoms with Crippen LogP contribution in [0.15, 0.2) is 29.8 Å². The molecule has 0 saturated heterocycles. The number of carbonyl (C=O) groups excluding carboxylic acids is 1. The lowest BCUT2D eigenvalue weighted by atomic mass is 10.1. The Morgan fingerprint density at radius 3 is 2.61 bits per heavy atom. The monoisotopic (exact) mass is 253 g/mol. The van der Waals surface area contributed by atoms with Gasteiger partial charge in [0.2, 0.25) is 5.91 Å². The predicted molar refractivity (Wildman–Crippen MR) is 66.9 cm³/mol. The lowest BCUT2D eigenvalue weighted by molar-refractivity contribution is -0.126. The third kappa shape index (κ3) is 3.65. The molecule has 0 unspecified atom stereocenters. The largest absolute Gasteiger partial charge is 0.338 e. The van der Waals surface area contributed by atoms with E-state index >= 15 is 0 Å². The Kier molecular flexibility index (Phi) is 5.01. The molecule has 0 bridgehead atoms. The summed E-state index contributed by atoms with van der Waals surface area (Å²) in [6, 6.07) is 3.36. The van der Waals surface area contributed by atoms with Gasteiger partial charge in [-0.2, -0.15) is 0 Å². The van der Waals surface area contributed by atoms with E-state index in [0.29, 0.717) is 11.1 Å². The summed E-state index contributed by atoms with van der Waals surface area (Å²) >= 11 is 0. The number of nitrogens with zero attached hydrogens (tertiary/aromatic N) is 1. The molecule has 0 N–H and O–H groups in total. The van der Waals surface area contributed by atoms with E-state index in [9.17, 15) is 13.6 Å². The van der Waals surface area contributed by atoms with Crippen LogP contribution in [0.4, 0.5) is 8.78 Å². The molecule has 0 heterocycles. The molecule has 2 nitrogen and oxygen atoms in total. The van der Waals surface area contributed by atoms with Crippen molar-refractivity contribution in [2.45, 2.75) is 26.8 Å². The summed E-state index contributed by atoms with van der Waals surface area (Å²) in [6.45, 7) is 3.79. The summed E-state index contributed by atoms with van der Waals surface area (Å²) in [5, 5.41) is 0. The van der Waals surface area contributed by atoms with Crippen molar-refractivity contribution in [2.75, 3.05) is 7.05 Å². The number of likely N-dealkylation sites (N-methyl/N-ethyl adjacent to an activating group) is 1. The zero-order valence-corrected chi connectivity index (χ0v) is 10.8. The van der Waals surface area contributed by atoms with Gasteiger partial charge in [0, 0.05) is 30.8 Å². The highest BCUT2D eigenvalue weighted by molar-refractivity contribution is 5.92. The fraction of sp³-hybridized carbons (Fsp3) is 0.357. The van der Waals surface area contributed by atoms with Crippen molar-refractivity contribution in [3.63, 3.8) is 0 Å². The minimum atomic E-state index is -0.633. The number of hydrogen-bond donors (Lipinski definition) is 0. The first-order valence-corrected chi connectivity index (χ1v) is 5.81. The second-order valence-electron chi connectivity index (χ2n) is 4.19. The van der Waals surface area contributed by atoms with E-state index in [-0.39, 0.29) is 12.5 Å². The first kappa shape index (κ1) is 14.4. The van der Waals surface area contributed by atoms with Crippen LogP contribution in [0.2, 0.25) is 0 Å². The highest BCUT2D eigenvalue weighted by Crippen LogP contribution is 2.13. The van der Waals surface area contributed by atoms with Crippen LogP contribution < -0.4 is 0 Å². The Balaban J connectivity index is 2.78. The summed E-state index contributed by atoms with van der Waals surface area (Å²) in [4.78, 5) is 13.3. The van der Waals surface area contributed by atoms with E-state index in [0.717, 1.165) is 12.5 Å². The van der Waals surface area contributed by atoms with E-state index in [4.69, 9.17) is 0 Å². The number of benzene rings is 1. The molecule has 98 valence electrons. The first-order chi connectivity index (χ1) is 8.45. The maximum Gasteiger partial charge on any atom is 0.249 e. The smallest absolute Gasteiger partial charge is 0.249 e. The van der Waals surface area contributed by atoms with Crippen molar-refractivity contribution in [1.29, 1.82) is 0 Å². The van der Waals surface area contributed by atoms with Gasteiger partial charge in [-0.05, 0) is 19.4 Å². The number of allylic oxidation sites excluding steroid dienone is 1. The van der Waals surface area contributed by atoms with Gasteiger partial charge in [-0.1, -0.05) is 19.1 Å². The molecule has 0 radical (unpaired) electrons. The van der Waals surface area contributed by atoms with Gasteiger partial charge < -0.3 is 4.90 Å². The predicted octanol–water partition coefficient (Wildman–Crippen LogP) is 3.28. The van der Waals surface area contributed by atoms with Crippen LogP contribution in [0.25, 0.3) is 0 Å². The molecule has 4 heteroatoms. The van der Waals surface area contributed by atoms with Gasteiger partial charge in [0.1, 0.15) is 11.6 Å². The molecule has 0 saturated carbocycles. The summed E-state index contributed by atoms with van der Waals surface area (Å²) in [7, 11) is 1.60. The quantitative estimate of drug-likeness (QED) is 0.754. The Morgan fingerprint density at radius 1 is 1.39 bits per heavy atom. The highest BCUT2D eigenvalue weighted by Gasteiger charge is 2.13. The normalized spacial score (nSPS) is 11.5. The topological polar surface area (TPSA) is 20.3 Å². The maximum absolute atomic E-state index is 13.4. The standard InChI is InChI=1S/C14H17F2NO/c1-4-5-10(2)14(18)17(3)9-11-6-7-12(15)8-13(11)16/h5-8H,4,9H2,1-3H3. The van der Waals surface area contributed by atoms with Crippen LogP contribution in [-0.2, 0) is 11.3 Å². The van der Waals surface area contributed by atoms with Crippen LogP contribution in [0, 0.1) is 11.6 Å². The third-order valence-electron chi connectivity index (χ3n) is 2.62. The molecule has 0 spiro atoms. The summed E-state index contributed by atoms with van der Waals surface area (Å²) in [6.07, 6.45) is 2.59. The van der Waals surface area contributed by atoms with Crippen LogP contribution >= 0.6 is 0 Å². The van der Waals surface area contributed by atoms with Crippen molar-refractivity contribution in [1.82, 2.24) is 4.90 Å². The number of carbonyl (C=O) groups is 1. The minimum absolute atomic E-state index is 0.125. The number of halogens is 2. The average molecular weight is 253 g/mol. The molecule has 1 amide bonds. The summed E-state index contributed by atoms with van der Waals surface area (Å²) in [5.41, 5.74) is 0.930. The number of amides is 1. The Morgan fingerprint density at radius 2 is 2.06 bits per heavy atom. The van der Waals surface area contributed by atoms with E-state index < -0.39 is 11.6 Å². The number of hydrogen-bond acceptors (Lipinski definition) is 1. The Hall–Kier alpha value is -1.71. The second-order valence-corrected chi connectivity index (χ2v) is 4.19. The highest BCUT2D eigenvalue weighted by atomic mass is 19.1. The third-order valence-corrected chi connectivity index (χ3v) is 2.62. The van der Waals surface area contributed by atoms with Gasteiger partial charge >= 0.3 is 0 Å². The summed E-state index contributed by atoms with van der Waals surface area (Å²) in [5.74, 6) is -1.40. The van der Waals surface area contributed by atoms with Crippen LogP contribution in [0.3, 0.4) is 0 Å². The van der Waals surface area contributed by atoms with Crippen molar-refractivity contribution < 1.29 is 13.6 Å². The number of rotatable bonds is 4. The van der Waals surface area contributed by atoms with Crippen molar-refractivity contribution in [3.8, 4) is 0 Å². The van der Waals surface area contributed by atoms with Crippen LogP contribution in [0.1, 0.15) is 25.8 Å². The zero-order chi connectivity index (χ0) is 13.7. The first-order valence-electron chi connectivity index (χ1n) is 5.81. The van der Waals surface area contributed by atoms with Crippen molar-refractivity contribution in [2.24, 2.45) is 0 Å². The van der Waals surface area contributed by atoms with Gasteiger partial charge in [0.05, 0.1) is 0 Å². The molecule has 0 aromatic heterocycles. The lowest BCUT2D eigenvalue weighted by Gasteiger charge is -2.18. The van der Waals surface area contributed by atoms with Gasteiger partial charge in [0.15, 0.2) is 0 Å². The minimum Gasteiger partial charge on any atom is -0.338 e. The Labute approximate surface area is 106 Å². The van der Waals surface area contributed by atoms with Crippen molar-refractivity contribution >= 4 is 5.91 Å². The molecule has 1 aromatic carbocycles. The molecular formula is C14H17F2NO. The lowest BCUT2D eigenvalue weighted by Crippen LogP contribution is -2.27. The van der Waals surface area contributed by atoms with E-state index in [2.05, 4.69) is 0 Å². The van der Waals surface area contributed by atoms with Gasteiger partial charge in [-0.3, -0.25) is 4.79 Å². The molecule has 1 aromatic rings. The second kappa shape index (κ2) is 6.28. The summed E-state index contributed by atoms with van der Waals surface area (Å²) < 4.78 is 26.2. The maximum atomic E-state index is 13.4. The molecule has 1 rings (SSSR count). The van der Waals surface area contributed by atoms with E-state index in [1.807, 2.05) is 13.0 Å². The van der Waals surface area contributed by atoms with Crippen molar-refractivity contribution in [3.05, 3.63) is 47.0 Å². The van der Waals surface area contributed by atoms with Gasteiger partial charge in [0.25, 0.3) is 0 Å². The molecule has 0 aliphatic carbocycles. The molecule has 18 heavy (non-hydrogen) atoms. The van der Waals surface area contributed by atoms with Crippen LogP contribution in [0.5, 0.6) is 0 Å². The Bertz CT molecular complexity index is 469. The molecule has 0 fully saturated rings. The van der Waals surface area contributed by atoms with E-state index in [1.165, 1.54) is 17.0 Å². The fourth-order valence-corrected chi connectivity index (χ4v) is 1.67. The van der Waals surface area contributed by atoms with Crippen LogP contribution in [-0.4, -0.2) is 17.9 Å². The fourth-order valence-electron chi connectivity index (χ4n) is 1.67. The van der Waals surface area contributed by atoms with Gasteiger partial charge in [-0.15, -0.1) is 0 Å². The molecule has 0 aliphatic heterocycles. The SMILES string of the molecule is CCC=C(C)C(=O)N(C)Cc1ccc(F)cc1F. The average Bonchev–Trinajstić information content (AvgIpc) is 2.32. The van der Waals surface area contributed by atoms with E-state index in [1.54, 1.807) is 14.0 Å². The van der Waals surface area contributed by atoms with Gasteiger partial charge in [-0.25, -0.2) is 8.78 Å². The zero-order valence-electron chi connectivity index (χ0n) is 10.8. The molecule has 0 aliphatic rings.